The van der Waals surface area contributed by atoms with Crippen molar-refractivity contribution in [2.45, 2.75) is 26.5 Å². The van der Waals surface area contributed by atoms with Crippen LogP contribution < -0.4 is 10.6 Å². The lowest BCUT2D eigenvalue weighted by molar-refractivity contribution is -0.114. The molecule has 0 unspecified atom stereocenters. The molecule has 0 heterocycles. The highest BCUT2D eigenvalue weighted by Gasteiger charge is 1.98. The van der Waals surface area contributed by atoms with Crippen molar-refractivity contribution in [2.24, 2.45) is 0 Å². The van der Waals surface area contributed by atoms with Crippen molar-refractivity contribution in [3.63, 3.8) is 0 Å². The summed E-state index contributed by atoms with van der Waals surface area (Å²) in [5, 5.41) is 15.2. The van der Waals surface area contributed by atoms with E-state index in [2.05, 4.69) is 22.8 Å². The molecule has 0 aliphatic carbocycles. The average Bonchev–Trinajstić information content (AvgIpc) is 2.53. The summed E-state index contributed by atoms with van der Waals surface area (Å²) in [4.78, 5) is 10.9. The van der Waals surface area contributed by atoms with Crippen molar-refractivity contribution in [2.75, 3.05) is 11.9 Å². The second kappa shape index (κ2) is 8.32. The molecular formula is C18H22N2O2. The molecule has 0 radical (unpaired) electrons. The van der Waals surface area contributed by atoms with Crippen molar-refractivity contribution in [1.29, 1.82) is 0 Å². The molecule has 2 aromatic rings. The van der Waals surface area contributed by atoms with Gasteiger partial charge in [0.2, 0.25) is 5.91 Å². The van der Waals surface area contributed by atoms with E-state index in [1.54, 1.807) is 0 Å². The minimum absolute atomic E-state index is 0.0573. The van der Waals surface area contributed by atoms with Crippen LogP contribution >= 0.6 is 0 Å². The highest BCUT2D eigenvalue weighted by atomic mass is 16.3. The maximum atomic E-state index is 10.9. The van der Waals surface area contributed by atoms with Gasteiger partial charge in [-0.15, -0.1) is 0 Å². The number of aliphatic hydroxyl groups is 1. The Morgan fingerprint density at radius 1 is 0.955 bits per heavy atom. The number of carbonyl (C=O) groups excluding carboxylic acids is 1. The van der Waals surface area contributed by atoms with Gasteiger partial charge >= 0.3 is 0 Å². The van der Waals surface area contributed by atoms with E-state index in [1.165, 1.54) is 18.1 Å². The summed E-state index contributed by atoms with van der Waals surface area (Å²) >= 11 is 0. The van der Waals surface area contributed by atoms with E-state index in [1.807, 2.05) is 36.4 Å². The van der Waals surface area contributed by atoms with Crippen LogP contribution in [0, 0.1) is 0 Å². The van der Waals surface area contributed by atoms with E-state index < -0.39 is 0 Å². The van der Waals surface area contributed by atoms with Crippen molar-refractivity contribution in [3.05, 3.63) is 65.2 Å². The molecule has 3 N–H and O–H groups in total. The van der Waals surface area contributed by atoms with Crippen LogP contribution in [0.3, 0.4) is 0 Å². The number of amides is 1. The minimum atomic E-state index is -0.0573. The predicted molar refractivity (Wildman–Crippen MR) is 88.5 cm³/mol. The molecule has 2 rings (SSSR count). The lowest BCUT2D eigenvalue weighted by Gasteiger charge is -2.07. The molecule has 4 heteroatoms. The molecule has 0 aliphatic heterocycles. The third-order valence-corrected chi connectivity index (χ3v) is 3.40. The standard InChI is InChI=1S/C18H22N2O2/c1-14(22)20-18-8-6-16(7-9-18)12-19-11-10-15-2-4-17(13-21)5-3-15/h2-9,19,21H,10-13H2,1H3,(H,20,22). The van der Waals surface area contributed by atoms with Crippen LogP contribution in [0.4, 0.5) is 5.69 Å². The Morgan fingerprint density at radius 3 is 2.14 bits per heavy atom. The summed E-state index contributed by atoms with van der Waals surface area (Å²) in [6.07, 6.45) is 0.954. The van der Waals surface area contributed by atoms with Gasteiger partial charge in [-0.3, -0.25) is 4.79 Å². The number of benzene rings is 2. The van der Waals surface area contributed by atoms with Crippen molar-refractivity contribution >= 4 is 11.6 Å². The monoisotopic (exact) mass is 298 g/mol. The summed E-state index contributed by atoms with van der Waals surface area (Å²) < 4.78 is 0. The number of hydrogen-bond acceptors (Lipinski definition) is 3. The fraction of sp³-hybridized carbons (Fsp3) is 0.278. The van der Waals surface area contributed by atoms with E-state index in [4.69, 9.17) is 5.11 Å². The number of rotatable bonds is 7. The summed E-state index contributed by atoms with van der Waals surface area (Å²) in [5.41, 5.74) is 4.20. The number of nitrogens with one attached hydrogen (secondary N) is 2. The second-order valence-corrected chi connectivity index (χ2v) is 5.28. The van der Waals surface area contributed by atoms with E-state index in [9.17, 15) is 4.79 Å². The molecule has 116 valence electrons. The minimum Gasteiger partial charge on any atom is -0.392 e. The summed E-state index contributed by atoms with van der Waals surface area (Å²) in [7, 11) is 0. The van der Waals surface area contributed by atoms with Gasteiger partial charge in [0.15, 0.2) is 0 Å². The van der Waals surface area contributed by atoms with Gasteiger partial charge in [-0.1, -0.05) is 36.4 Å². The highest BCUT2D eigenvalue weighted by molar-refractivity contribution is 5.88. The Kier molecular flexibility index (Phi) is 6.13. The summed E-state index contributed by atoms with van der Waals surface area (Å²) in [6.45, 7) is 3.29. The van der Waals surface area contributed by atoms with Gasteiger partial charge in [0.25, 0.3) is 0 Å². The first kappa shape index (κ1) is 16.2. The van der Waals surface area contributed by atoms with Crippen molar-refractivity contribution < 1.29 is 9.90 Å². The van der Waals surface area contributed by atoms with E-state index in [0.29, 0.717) is 0 Å². The van der Waals surface area contributed by atoms with Crippen molar-refractivity contribution in [3.8, 4) is 0 Å². The highest BCUT2D eigenvalue weighted by Crippen LogP contribution is 2.09. The van der Waals surface area contributed by atoms with Crippen LogP contribution in [0.25, 0.3) is 0 Å². The number of aliphatic hydroxyl groups excluding tert-OH is 1. The van der Waals surface area contributed by atoms with E-state index in [0.717, 1.165) is 30.8 Å². The Bertz CT molecular complexity index is 591. The summed E-state index contributed by atoms with van der Waals surface area (Å²) in [5.74, 6) is -0.0573. The Hall–Kier alpha value is -2.17. The largest absolute Gasteiger partial charge is 0.392 e. The SMILES string of the molecule is CC(=O)Nc1ccc(CNCCc2ccc(CO)cc2)cc1. The lowest BCUT2D eigenvalue weighted by Crippen LogP contribution is -2.16. The third-order valence-electron chi connectivity index (χ3n) is 3.40. The van der Waals surface area contributed by atoms with E-state index >= 15 is 0 Å². The van der Waals surface area contributed by atoms with Crippen LogP contribution in [-0.4, -0.2) is 17.6 Å². The van der Waals surface area contributed by atoms with Crippen LogP contribution in [0.15, 0.2) is 48.5 Å². The Labute approximate surface area is 131 Å². The molecule has 0 bridgehead atoms. The Morgan fingerprint density at radius 2 is 1.55 bits per heavy atom. The van der Waals surface area contributed by atoms with Gasteiger partial charge in [-0.2, -0.15) is 0 Å². The normalized spacial score (nSPS) is 10.5. The Balaban J connectivity index is 1.72. The number of hydrogen-bond donors (Lipinski definition) is 3. The van der Waals surface area contributed by atoms with E-state index in [-0.39, 0.29) is 12.5 Å². The first-order valence-electron chi connectivity index (χ1n) is 7.43. The fourth-order valence-corrected chi connectivity index (χ4v) is 2.19. The lowest BCUT2D eigenvalue weighted by atomic mass is 10.1. The van der Waals surface area contributed by atoms with Gasteiger partial charge in [0.05, 0.1) is 6.61 Å². The number of carbonyl (C=O) groups is 1. The molecule has 22 heavy (non-hydrogen) atoms. The molecular weight excluding hydrogens is 276 g/mol. The molecule has 0 saturated carbocycles. The first-order valence-corrected chi connectivity index (χ1v) is 7.43. The zero-order valence-electron chi connectivity index (χ0n) is 12.8. The van der Waals surface area contributed by atoms with Crippen LogP contribution in [0.1, 0.15) is 23.6 Å². The van der Waals surface area contributed by atoms with Crippen LogP contribution in [-0.2, 0) is 24.4 Å². The molecule has 0 aromatic heterocycles. The molecule has 4 nitrogen and oxygen atoms in total. The second-order valence-electron chi connectivity index (χ2n) is 5.28. The predicted octanol–water partition coefficient (Wildman–Crippen LogP) is 2.47. The molecule has 0 saturated heterocycles. The van der Waals surface area contributed by atoms with Gasteiger partial charge in [0, 0.05) is 19.2 Å². The quantitative estimate of drug-likeness (QED) is 0.688. The molecule has 2 aromatic carbocycles. The fourth-order valence-electron chi connectivity index (χ4n) is 2.19. The molecule has 1 amide bonds. The third kappa shape index (κ3) is 5.31. The molecule has 0 aliphatic rings. The van der Waals surface area contributed by atoms with Gasteiger partial charge in [-0.25, -0.2) is 0 Å². The average molecular weight is 298 g/mol. The maximum absolute atomic E-state index is 10.9. The van der Waals surface area contributed by atoms with Gasteiger partial charge in [-0.05, 0) is 41.8 Å². The topological polar surface area (TPSA) is 61.4 Å². The number of anilines is 1. The molecule has 0 spiro atoms. The summed E-state index contributed by atoms with van der Waals surface area (Å²) in [6, 6.07) is 15.8. The van der Waals surface area contributed by atoms with Gasteiger partial charge in [0.1, 0.15) is 0 Å². The maximum Gasteiger partial charge on any atom is 0.221 e. The molecule has 0 atom stereocenters. The smallest absolute Gasteiger partial charge is 0.221 e. The molecule has 0 fully saturated rings. The zero-order valence-corrected chi connectivity index (χ0v) is 12.8. The van der Waals surface area contributed by atoms with Crippen LogP contribution in [0.5, 0.6) is 0 Å². The van der Waals surface area contributed by atoms with Crippen molar-refractivity contribution in [1.82, 2.24) is 5.32 Å². The zero-order chi connectivity index (χ0) is 15.8. The van der Waals surface area contributed by atoms with Gasteiger partial charge < -0.3 is 15.7 Å². The first-order chi connectivity index (χ1) is 10.7. The van der Waals surface area contributed by atoms with Crippen LogP contribution in [0.2, 0.25) is 0 Å².